The average molecular weight is 426 g/mol. The Bertz CT molecular complexity index is 1050. The van der Waals surface area contributed by atoms with Crippen LogP contribution in [0.2, 0.25) is 0 Å². The lowest BCUT2D eigenvalue weighted by atomic mass is 9.75. The SMILES string of the molecule is CCC1(NC(=O)C(=O)c2cc(C(=O)Nc3ccc(F)c(C)c3)c3n2CCCC3)CCC1. The molecule has 0 bridgehead atoms. The number of fused-ring (bicyclic) bond motifs is 1. The van der Waals surface area contributed by atoms with Crippen molar-refractivity contribution < 1.29 is 18.8 Å². The normalized spacial score (nSPS) is 16.7. The summed E-state index contributed by atoms with van der Waals surface area (Å²) in [6, 6.07) is 5.92. The Hall–Kier alpha value is -2.96. The molecule has 6 nitrogen and oxygen atoms in total. The number of rotatable bonds is 6. The highest BCUT2D eigenvalue weighted by Crippen LogP contribution is 2.35. The molecule has 2 amide bonds. The Labute approximate surface area is 181 Å². The molecule has 1 aliphatic heterocycles. The predicted molar refractivity (Wildman–Crippen MR) is 116 cm³/mol. The molecule has 0 atom stereocenters. The van der Waals surface area contributed by atoms with Crippen LogP contribution in [-0.4, -0.2) is 27.7 Å². The lowest BCUT2D eigenvalue weighted by Crippen LogP contribution is -2.54. The van der Waals surface area contributed by atoms with Crippen molar-refractivity contribution in [2.24, 2.45) is 0 Å². The Morgan fingerprint density at radius 1 is 1.13 bits per heavy atom. The molecular formula is C24H28FN3O3. The number of nitrogens with zero attached hydrogens (tertiary/aromatic N) is 1. The number of ketones is 1. The fraction of sp³-hybridized carbons (Fsp3) is 0.458. The Balaban J connectivity index is 1.59. The van der Waals surface area contributed by atoms with Gasteiger partial charge in [0.25, 0.3) is 17.6 Å². The maximum atomic E-state index is 13.5. The summed E-state index contributed by atoms with van der Waals surface area (Å²) in [4.78, 5) is 38.7. The predicted octanol–water partition coefficient (Wildman–Crippen LogP) is 4.16. The minimum Gasteiger partial charge on any atom is -0.344 e. The molecule has 0 radical (unpaired) electrons. The van der Waals surface area contributed by atoms with Gasteiger partial charge in [0.1, 0.15) is 5.82 Å². The van der Waals surface area contributed by atoms with E-state index in [4.69, 9.17) is 0 Å². The molecule has 0 unspecified atom stereocenters. The zero-order valence-electron chi connectivity index (χ0n) is 18.0. The fourth-order valence-electron chi connectivity index (χ4n) is 4.57. The Kier molecular flexibility index (Phi) is 5.69. The van der Waals surface area contributed by atoms with Crippen LogP contribution in [0.1, 0.15) is 77.6 Å². The summed E-state index contributed by atoms with van der Waals surface area (Å²) < 4.78 is 15.3. The molecule has 4 rings (SSSR count). The molecule has 164 valence electrons. The van der Waals surface area contributed by atoms with Gasteiger partial charge in [0, 0.05) is 23.5 Å². The standard InChI is InChI=1S/C24H28FN3O3/c1-3-24(10-6-11-24)27-23(31)21(29)20-14-17(19-7-4-5-12-28(19)20)22(30)26-16-8-9-18(25)15(2)13-16/h8-9,13-14H,3-7,10-12H2,1-2H3,(H,26,30)(H,27,31). The van der Waals surface area contributed by atoms with Crippen molar-refractivity contribution in [3.8, 4) is 0 Å². The molecule has 1 aromatic carbocycles. The summed E-state index contributed by atoms with van der Waals surface area (Å²) in [7, 11) is 0. The summed E-state index contributed by atoms with van der Waals surface area (Å²) in [5.41, 5.74) is 2.08. The molecule has 2 aromatic rings. The van der Waals surface area contributed by atoms with Crippen LogP contribution in [0.3, 0.4) is 0 Å². The third-order valence-corrected chi connectivity index (χ3v) is 6.72. The Morgan fingerprint density at radius 3 is 2.55 bits per heavy atom. The van der Waals surface area contributed by atoms with Gasteiger partial charge in [-0.1, -0.05) is 6.92 Å². The highest BCUT2D eigenvalue weighted by molar-refractivity contribution is 6.42. The van der Waals surface area contributed by atoms with Gasteiger partial charge in [-0.25, -0.2) is 4.39 Å². The molecule has 31 heavy (non-hydrogen) atoms. The lowest BCUT2D eigenvalue weighted by molar-refractivity contribution is -0.120. The minimum atomic E-state index is -0.603. The summed E-state index contributed by atoms with van der Waals surface area (Å²) in [5.74, 6) is -1.90. The van der Waals surface area contributed by atoms with Gasteiger partial charge in [0.2, 0.25) is 0 Å². The van der Waals surface area contributed by atoms with E-state index >= 15 is 0 Å². The second-order valence-electron chi connectivity index (χ2n) is 8.69. The zero-order valence-corrected chi connectivity index (χ0v) is 18.0. The third-order valence-electron chi connectivity index (χ3n) is 6.72. The first-order chi connectivity index (χ1) is 14.8. The highest BCUT2D eigenvalue weighted by atomic mass is 19.1. The number of anilines is 1. The lowest BCUT2D eigenvalue weighted by Gasteiger charge is -2.41. The average Bonchev–Trinajstić information content (AvgIpc) is 3.12. The van der Waals surface area contributed by atoms with E-state index in [1.165, 1.54) is 18.2 Å². The van der Waals surface area contributed by atoms with Crippen molar-refractivity contribution in [3.63, 3.8) is 0 Å². The number of halogens is 1. The largest absolute Gasteiger partial charge is 0.344 e. The van der Waals surface area contributed by atoms with Crippen molar-refractivity contribution >= 4 is 23.3 Å². The number of hydrogen-bond acceptors (Lipinski definition) is 3. The molecule has 7 heteroatoms. The molecule has 0 spiro atoms. The number of benzene rings is 1. The van der Waals surface area contributed by atoms with Gasteiger partial charge in [0.15, 0.2) is 0 Å². The van der Waals surface area contributed by atoms with Gasteiger partial charge >= 0.3 is 0 Å². The number of nitrogens with one attached hydrogen (secondary N) is 2. The third kappa shape index (κ3) is 4.01. The molecule has 1 aliphatic carbocycles. The first-order valence-electron chi connectivity index (χ1n) is 11.0. The van der Waals surface area contributed by atoms with E-state index in [0.29, 0.717) is 29.8 Å². The number of aromatic nitrogens is 1. The van der Waals surface area contributed by atoms with E-state index in [9.17, 15) is 18.8 Å². The molecule has 2 aliphatic rings. The molecule has 0 saturated heterocycles. The monoisotopic (exact) mass is 425 g/mol. The van der Waals surface area contributed by atoms with E-state index in [0.717, 1.165) is 44.2 Å². The van der Waals surface area contributed by atoms with Gasteiger partial charge in [-0.05, 0) is 81.7 Å². The van der Waals surface area contributed by atoms with Crippen molar-refractivity contribution in [3.05, 3.63) is 52.6 Å². The maximum absolute atomic E-state index is 13.5. The fourth-order valence-corrected chi connectivity index (χ4v) is 4.57. The van der Waals surface area contributed by atoms with Crippen LogP contribution in [0.5, 0.6) is 0 Å². The van der Waals surface area contributed by atoms with E-state index in [1.807, 2.05) is 11.5 Å². The van der Waals surface area contributed by atoms with Crippen LogP contribution >= 0.6 is 0 Å². The molecule has 1 saturated carbocycles. The minimum absolute atomic E-state index is 0.262. The van der Waals surface area contributed by atoms with Gasteiger partial charge < -0.3 is 15.2 Å². The molecular weight excluding hydrogens is 397 g/mol. The summed E-state index contributed by atoms with van der Waals surface area (Å²) in [5, 5.41) is 5.73. The second kappa shape index (κ2) is 8.29. The summed E-state index contributed by atoms with van der Waals surface area (Å²) in [6.07, 6.45) is 6.09. The van der Waals surface area contributed by atoms with Gasteiger partial charge in [-0.3, -0.25) is 14.4 Å². The van der Waals surface area contributed by atoms with E-state index in [-0.39, 0.29) is 23.0 Å². The number of Topliss-reactive ketones (excluding diaryl/α,β-unsaturated/α-hetero) is 1. The van der Waals surface area contributed by atoms with E-state index in [1.54, 1.807) is 13.0 Å². The van der Waals surface area contributed by atoms with Crippen LogP contribution in [0.15, 0.2) is 24.3 Å². The van der Waals surface area contributed by atoms with Crippen molar-refractivity contribution in [1.82, 2.24) is 9.88 Å². The first kappa shape index (κ1) is 21.3. The summed E-state index contributed by atoms with van der Waals surface area (Å²) in [6.45, 7) is 4.25. The van der Waals surface area contributed by atoms with Crippen LogP contribution in [0, 0.1) is 12.7 Å². The smallest absolute Gasteiger partial charge is 0.294 e. The number of amides is 2. The summed E-state index contributed by atoms with van der Waals surface area (Å²) >= 11 is 0. The van der Waals surface area contributed by atoms with Crippen LogP contribution in [0.25, 0.3) is 0 Å². The number of carbonyl (C=O) groups excluding carboxylic acids is 3. The van der Waals surface area contributed by atoms with Crippen molar-refractivity contribution in [2.45, 2.75) is 70.9 Å². The zero-order chi connectivity index (χ0) is 22.2. The van der Waals surface area contributed by atoms with Crippen molar-refractivity contribution in [2.75, 3.05) is 5.32 Å². The van der Waals surface area contributed by atoms with Crippen LogP contribution < -0.4 is 10.6 Å². The van der Waals surface area contributed by atoms with Gasteiger partial charge in [-0.2, -0.15) is 0 Å². The van der Waals surface area contributed by atoms with E-state index < -0.39 is 11.7 Å². The molecule has 2 heterocycles. The quantitative estimate of drug-likeness (QED) is 0.539. The number of carbonyl (C=O) groups is 3. The number of hydrogen-bond donors (Lipinski definition) is 2. The molecule has 1 fully saturated rings. The molecule has 1 aromatic heterocycles. The van der Waals surface area contributed by atoms with Crippen LogP contribution in [0.4, 0.5) is 10.1 Å². The van der Waals surface area contributed by atoms with Gasteiger partial charge in [-0.15, -0.1) is 0 Å². The van der Waals surface area contributed by atoms with E-state index in [2.05, 4.69) is 10.6 Å². The van der Waals surface area contributed by atoms with Crippen LogP contribution in [-0.2, 0) is 17.8 Å². The second-order valence-corrected chi connectivity index (χ2v) is 8.69. The highest BCUT2D eigenvalue weighted by Gasteiger charge is 2.39. The molecule has 2 N–H and O–H groups in total. The van der Waals surface area contributed by atoms with Gasteiger partial charge in [0.05, 0.1) is 11.3 Å². The number of aryl methyl sites for hydroxylation is 1. The topological polar surface area (TPSA) is 80.2 Å². The first-order valence-corrected chi connectivity index (χ1v) is 11.0. The van der Waals surface area contributed by atoms with Crippen molar-refractivity contribution in [1.29, 1.82) is 0 Å². The Morgan fingerprint density at radius 2 is 1.90 bits per heavy atom. The maximum Gasteiger partial charge on any atom is 0.294 e.